The van der Waals surface area contributed by atoms with E-state index in [0.717, 1.165) is 0 Å². The van der Waals surface area contributed by atoms with Gasteiger partial charge in [0.05, 0.1) is 5.02 Å². The Labute approximate surface area is 164 Å². The summed E-state index contributed by atoms with van der Waals surface area (Å²) < 4.78 is 23.6. The number of hydrogen-bond acceptors (Lipinski definition) is 7. The highest BCUT2D eigenvalue weighted by molar-refractivity contribution is 6.33. The molecule has 1 fully saturated rings. The maximum atomic E-state index is 13.2. The summed E-state index contributed by atoms with van der Waals surface area (Å²) in [5.41, 5.74) is 0.514. The molecule has 8 nitrogen and oxygen atoms in total. The number of carbonyl (C=O) groups excluding carboxylic acids is 1. The van der Waals surface area contributed by atoms with Crippen molar-refractivity contribution in [3.63, 3.8) is 0 Å². The summed E-state index contributed by atoms with van der Waals surface area (Å²) >= 11 is 6.06. The summed E-state index contributed by atoms with van der Waals surface area (Å²) in [5.74, 6) is 1.23. The molecule has 4 rings (SSSR count). The van der Waals surface area contributed by atoms with Crippen molar-refractivity contribution >= 4 is 17.5 Å². The summed E-state index contributed by atoms with van der Waals surface area (Å²) in [6.45, 7) is 2.86. The normalized spacial score (nSPS) is 15.2. The quantitative estimate of drug-likeness (QED) is 0.657. The predicted octanol–water partition coefficient (Wildman–Crippen LogP) is 3.17. The lowest BCUT2D eigenvalue weighted by molar-refractivity contribution is -0.132. The maximum Gasteiger partial charge on any atom is 0.236 e. The lowest BCUT2D eigenvalue weighted by Crippen LogP contribution is -2.38. The molecule has 146 valence electrons. The number of nitrogens with zero attached hydrogens (tertiary/aromatic N) is 5. The molecule has 1 amide bonds. The van der Waals surface area contributed by atoms with Crippen molar-refractivity contribution in [1.29, 1.82) is 0 Å². The van der Waals surface area contributed by atoms with Gasteiger partial charge in [0.1, 0.15) is 12.2 Å². The van der Waals surface area contributed by atoms with Gasteiger partial charge in [-0.25, -0.2) is 4.39 Å². The highest BCUT2D eigenvalue weighted by Gasteiger charge is 2.28. The smallest absolute Gasteiger partial charge is 0.236 e. The number of amides is 1. The molecule has 28 heavy (non-hydrogen) atoms. The first-order valence-corrected chi connectivity index (χ1v) is 9.23. The van der Waals surface area contributed by atoms with Crippen LogP contribution in [0.15, 0.2) is 27.2 Å². The third-order valence-corrected chi connectivity index (χ3v) is 5.00. The number of likely N-dealkylation sites (tertiary alicyclic amines) is 1. The van der Waals surface area contributed by atoms with Crippen molar-refractivity contribution in [3.05, 3.63) is 46.6 Å². The van der Waals surface area contributed by atoms with Gasteiger partial charge in [-0.15, -0.1) is 0 Å². The molecule has 1 aliphatic rings. The van der Waals surface area contributed by atoms with Crippen LogP contribution in [-0.2, 0) is 11.2 Å². The summed E-state index contributed by atoms with van der Waals surface area (Å²) in [6.07, 6.45) is 1.50. The largest absolute Gasteiger partial charge is 0.342 e. The molecule has 0 spiro atoms. The number of aryl methyl sites for hydroxylation is 1. The first kappa shape index (κ1) is 18.5. The van der Waals surface area contributed by atoms with Crippen LogP contribution in [0.1, 0.15) is 36.4 Å². The second-order valence-corrected chi connectivity index (χ2v) is 7.05. The van der Waals surface area contributed by atoms with Crippen LogP contribution >= 0.6 is 11.6 Å². The average molecular weight is 406 g/mol. The lowest BCUT2D eigenvalue weighted by atomic mass is 9.96. The molecule has 1 saturated heterocycles. The van der Waals surface area contributed by atoms with E-state index < -0.39 is 5.82 Å². The van der Waals surface area contributed by atoms with E-state index in [1.807, 2.05) is 0 Å². The second-order valence-electron chi connectivity index (χ2n) is 6.65. The van der Waals surface area contributed by atoms with Gasteiger partial charge in [0.25, 0.3) is 0 Å². The molecule has 0 unspecified atom stereocenters. The molecule has 1 aromatic carbocycles. The standard InChI is InChI=1S/C18H17ClFN5O3/c1-10-21-15(27-23-10)9-16(26)25-6-4-11(5-7-25)18-22-17(24-28-18)13-3-2-12(20)8-14(13)19/h2-3,8,11H,4-7,9H2,1H3. The van der Waals surface area contributed by atoms with E-state index in [4.69, 9.17) is 20.6 Å². The molecular weight excluding hydrogens is 389 g/mol. The fourth-order valence-electron chi connectivity index (χ4n) is 3.21. The Bertz CT molecular complexity index is 997. The summed E-state index contributed by atoms with van der Waals surface area (Å²) in [4.78, 5) is 22.6. The van der Waals surface area contributed by atoms with Gasteiger partial charge in [-0.3, -0.25) is 4.79 Å². The zero-order chi connectivity index (χ0) is 19.7. The van der Waals surface area contributed by atoms with Gasteiger partial charge in [0, 0.05) is 24.6 Å². The molecule has 10 heteroatoms. The number of benzene rings is 1. The van der Waals surface area contributed by atoms with E-state index in [2.05, 4.69) is 20.3 Å². The first-order valence-electron chi connectivity index (χ1n) is 8.85. The number of piperidine rings is 1. The van der Waals surface area contributed by atoms with Crippen LogP contribution in [0, 0.1) is 12.7 Å². The minimum Gasteiger partial charge on any atom is -0.342 e. The Morgan fingerprint density at radius 3 is 2.71 bits per heavy atom. The van der Waals surface area contributed by atoms with E-state index >= 15 is 0 Å². The van der Waals surface area contributed by atoms with Crippen molar-refractivity contribution in [3.8, 4) is 11.4 Å². The molecule has 0 bridgehead atoms. The van der Waals surface area contributed by atoms with Gasteiger partial charge >= 0.3 is 0 Å². The molecule has 2 aromatic heterocycles. The van der Waals surface area contributed by atoms with Crippen LogP contribution in [0.25, 0.3) is 11.4 Å². The molecule has 0 saturated carbocycles. The Balaban J connectivity index is 1.37. The van der Waals surface area contributed by atoms with E-state index in [9.17, 15) is 9.18 Å². The molecule has 0 N–H and O–H groups in total. The Kier molecular flexibility index (Phi) is 5.08. The molecule has 3 heterocycles. The fraction of sp³-hybridized carbons (Fsp3) is 0.389. The Morgan fingerprint density at radius 2 is 2.04 bits per heavy atom. The van der Waals surface area contributed by atoms with E-state index in [-0.39, 0.29) is 23.3 Å². The van der Waals surface area contributed by atoms with Crippen molar-refractivity contribution < 1.29 is 18.2 Å². The third kappa shape index (κ3) is 3.89. The van der Waals surface area contributed by atoms with Crippen LogP contribution < -0.4 is 0 Å². The summed E-state index contributed by atoms with van der Waals surface area (Å²) in [5, 5.41) is 7.88. The topological polar surface area (TPSA) is 98.2 Å². The monoisotopic (exact) mass is 405 g/mol. The molecular formula is C18H17ClFN5O3. The van der Waals surface area contributed by atoms with E-state index in [0.29, 0.717) is 54.9 Å². The van der Waals surface area contributed by atoms with Crippen molar-refractivity contribution in [2.45, 2.75) is 32.1 Å². The SMILES string of the molecule is Cc1noc(CC(=O)N2CCC(c3nc(-c4ccc(F)cc4Cl)no3)CC2)n1. The van der Waals surface area contributed by atoms with Crippen molar-refractivity contribution in [2.24, 2.45) is 0 Å². The number of rotatable bonds is 4. The highest BCUT2D eigenvalue weighted by atomic mass is 35.5. The molecule has 3 aromatic rings. The number of halogens is 2. The van der Waals surface area contributed by atoms with Gasteiger partial charge in [0.15, 0.2) is 5.82 Å². The van der Waals surface area contributed by atoms with Gasteiger partial charge < -0.3 is 13.9 Å². The predicted molar refractivity (Wildman–Crippen MR) is 96.0 cm³/mol. The molecule has 1 aliphatic heterocycles. The summed E-state index contributed by atoms with van der Waals surface area (Å²) in [6, 6.07) is 4.03. The zero-order valence-corrected chi connectivity index (χ0v) is 15.8. The minimum absolute atomic E-state index is 0.0496. The molecule has 0 atom stereocenters. The number of hydrogen-bond donors (Lipinski definition) is 0. The van der Waals surface area contributed by atoms with E-state index in [1.165, 1.54) is 18.2 Å². The Hall–Kier alpha value is -2.81. The molecule has 0 radical (unpaired) electrons. The number of carbonyl (C=O) groups is 1. The Morgan fingerprint density at radius 1 is 1.25 bits per heavy atom. The maximum absolute atomic E-state index is 13.2. The minimum atomic E-state index is -0.426. The van der Waals surface area contributed by atoms with Gasteiger partial charge in [-0.2, -0.15) is 9.97 Å². The van der Waals surface area contributed by atoms with Crippen molar-refractivity contribution in [2.75, 3.05) is 13.1 Å². The second kappa shape index (κ2) is 7.67. The number of aromatic nitrogens is 4. The van der Waals surface area contributed by atoms with E-state index in [1.54, 1.807) is 11.8 Å². The van der Waals surface area contributed by atoms with Gasteiger partial charge in [-0.05, 0) is 38.0 Å². The van der Waals surface area contributed by atoms with Crippen LogP contribution in [0.5, 0.6) is 0 Å². The van der Waals surface area contributed by atoms with Crippen LogP contribution in [0.4, 0.5) is 4.39 Å². The summed E-state index contributed by atoms with van der Waals surface area (Å²) in [7, 11) is 0. The third-order valence-electron chi connectivity index (χ3n) is 4.68. The fourth-order valence-corrected chi connectivity index (χ4v) is 3.46. The average Bonchev–Trinajstić information content (AvgIpc) is 3.31. The van der Waals surface area contributed by atoms with Crippen LogP contribution in [-0.4, -0.2) is 44.2 Å². The lowest BCUT2D eigenvalue weighted by Gasteiger charge is -2.30. The van der Waals surface area contributed by atoms with Gasteiger partial charge in [0.2, 0.25) is 23.5 Å². The first-order chi connectivity index (χ1) is 13.5. The zero-order valence-electron chi connectivity index (χ0n) is 15.1. The van der Waals surface area contributed by atoms with Crippen LogP contribution in [0.3, 0.4) is 0 Å². The van der Waals surface area contributed by atoms with Gasteiger partial charge in [-0.1, -0.05) is 21.9 Å². The van der Waals surface area contributed by atoms with Crippen LogP contribution in [0.2, 0.25) is 5.02 Å². The van der Waals surface area contributed by atoms with Crippen molar-refractivity contribution in [1.82, 2.24) is 25.2 Å². The highest BCUT2D eigenvalue weighted by Crippen LogP contribution is 2.31. The molecule has 0 aliphatic carbocycles.